The quantitative estimate of drug-likeness (QED) is 0.831. The first-order valence-electron chi connectivity index (χ1n) is 6.65. The summed E-state index contributed by atoms with van der Waals surface area (Å²) in [6.07, 6.45) is 4.70. The topological polar surface area (TPSA) is 39.1 Å². The average molecular weight is 259 g/mol. The predicted octanol–water partition coefficient (Wildman–Crippen LogP) is 2.70. The van der Waals surface area contributed by atoms with Crippen LogP contribution in [0.1, 0.15) is 18.2 Å². The van der Waals surface area contributed by atoms with Crippen LogP contribution in [-0.2, 0) is 24.2 Å². The zero-order valence-electron chi connectivity index (χ0n) is 11.6. The number of aryl methyl sites for hydroxylation is 1. The van der Waals surface area contributed by atoms with Gasteiger partial charge in [0.05, 0.1) is 25.2 Å². The Bertz CT molecular complexity index is 508. The molecule has 2 rings (SSSR count). The number of methoxy groups -OCH3 is 1. The van der Waals surface area contributed by atoms with Crippen molar-refractivity contribution >= 4 is 5.69 Å². The van der Waals surface area contributed by atoms with Crippen molar-refractivity contribution in [3.63, 3.8) is 0 Å². The molecule has 0 saturated carbocycles. The molecule has 1 heterocycles. The molecule has 4 heteroatoms. The number of nitrogens with one attached hydrogen (secondary N) is 1. The minimum atomic E-state index is 0.742. The Balaban J connectivity index is 2.02. The Labute approximate surface area is 114 Å². The molecule has 0 saturated heterocycles. The third-order valence-corrected chi connectivity index (χ3v) is 3.19. The first kappa shape index (κ1) is 13.6. The molecular weight excluding hydrogens is 238 g/mol. The number of imidazole rings is 1. The molecule has 2 aromatic rings. The van der Waals surface area contributed by atoms with E-state index in [9.17, 15) is 0 Å². The lowest BCUT2D eigenvalue weighted by Crippen LogP contribution is -2.08. The molecule has 1 N–H and O–H groups in total. The Morgan fingerprint density at radius 1 is 1.32 bits per heavy atom. The summed E-state index contributed by atoms with van der Waals surface area (Å²) in [5.74, 6) is 0. The fraction of sp³-hybridized carbons (Fsp3) is 0.400. The fourth-order valence-electron chi connectivity index (χ4n) is 2.09. The maximum absolute atomic E-state index is 5.15. The Hall–Kier alpha value is -1.81. The van der Waals surface area contributed by atoms with Gasteiger partial charge in [-0.05, 0) is 25.0 Å². The lowest BCUT2D eigenvalue weighted by Gasteiger charge is -2.12. The van der Waals surface area contributed by atoms with Gasteiger partial charge in [-0.2, -0.15) is 0 Å². The van der Waals surface area contributed by atoms with E-state index in [0.29, 0.717) is 0 Å². The van der Waals surface area contributed by atoms with Crippen molar-refractivity contribution in [2.75, 3.05) is 19.0 Å². The minimum absolute atomic E-state index is 0.742. The van der Waals surface area contributed by atoms with Gasteiger partial charge in [-0.3, -0.25) is 0 Å². The maximum atomic E-state index is 5.15. The van der Waals surface area contributed by atoms with E-state index in [0.717, 1.165) is 26.1 Å². The van der Waals surface area contributed by atoms with E-state index >= 15 is 0 Å². The molecule has 0 radical (unpaired) electrons. The molecular formula is C15H21N3O. The Kier molecular flexibility index (Phi) is 4.98. The normalized spacial score (nSPS) is 10.6. The van der Waals surface area contributed by atoms with Gasteiger partial charge < -0.3 is 14.6 Å². The lowest BCUT2D eigenvalue weighted by atomic mass is 10.1. The van der Waals surface area contributed by atoms with Gasteiger partial charge in [-0.25, -0.2) is 4.98 Å². The van der Waals surface area contributed by atoms with E-state index in [2.05, 4.69) is 46.1 Å². The average Bonchev–Trinajstić information content (AvgIpc) is 2.91. The van der Waals surface area contributed by atoms with Crippen molar-refractivity contribution in [2.45, 2.75) is 26.4 Å². The summed E-state index contributed by atoms with van der Waals surface area (Å²) in [6.45, 7) is 4.60. The Morgan fingerprint density at radius 2 is 2.16 bits per heavy atom. The van der Waals surface area contributed by atoms with Gasteiger partial charge in [0.1, 0.15) is 0 Å². The molecule has 1 aromatic carbocycles. The first-order valence-corrected chi connectivity index (χ1v) is 6.65. The van der Waals surface area contributed by atoms with E-state index in [4.69, 9.17) is 4.74 Å². The van der Waals surface area contributed by atoms with Crippen LogP contribution in [0.2, 0.25) is 0 Å². The van der Waals surface area contributed by atoms with Gasteiger partial charge in [0.2, 0.25) is 0 Å². The van der Waals surface area contributed by atoms with Crippen LogP contribution >= 0.6 is 0 Å². The highest BCUT2D eigenvalue weighted by Crippen LogP contribution is 2.16. The second-order valence-corrected chi connectivity index (χ2v) is 4.42. The van der Waals surface area contributed by atoms with Gasteiger partial charge in [-0.15, -0.1) is 0 Å². The maximum Gasteiger partial charge on any atom is 0.0948 e. The molecule has 19 heavy (non-hydrogen) atoms. The number of aromatic nitrogens is 2. The molecule has 0 bridgehead atoms. The number of anilines is 1. The van der Waals surface area contributed by atoms with Crippen molar-refractivity contribution in [3.05, 3.63) is 48.0 Å². The number of nitrogens with zero attached hydrogens (tertiary/aromatic N) is 2. The molecule has 0 aliphatic heterocycles. The van der Waals surface area contributed by atoms with E-state index in [1.54, 1.807) is 7.11 Å². The summed E-state index contributed by atoms with van der Waals surface area (Å²) in [4.78, 5) is 4.18. The number of para-hydroxylation sites is 1. The third-order valence-electron chi connectivity index (χ3n) is 3.19. The first-order chi connectivity index (χ1) is 9.35. The highest BCUT2D eigenvalue weighted by Gasteiger charge is 2.03. The molecule has 1 aromatic heterocycles. The van der Waals surface area contributed by atoms with E-state index < -0.39 is 0 Å². The molecule has 102 valence electrons. The van der Waals surface area contributed by atoms with Gasteiger partial charge in [0, 0.05) is 25.5 Å². The second-order valence-electron chi connectivity index (χ2n) is 4.42. The zero-order valence-corrected chi connectivity index (χ0v) is 11.6. The lowest BCUT2D eigenvalue weighted by molar-refractivity contribution is 0.202. The molecule has 0 amide bonds. The molecule has 4 nitrogen and oxygen atoms in total. The van der Waals surface area contributed by atoms with Crippen molar-refractivity contribution in [3.8, 4) is 0 Å². The molecule has 0 aliphatic carbocycles. The summed E-state index contributed by atoms with van der Waals surface area (Å²) in [5, 5.41) is 3.48. The zero-order chi connectivity index (χ0) is 13.5. The van der Waals surface area contributed by atoms with Crippen LogP contribution in [0.4, 0.5) is 5.69 Å². The minimum Gasteiger partial charge on any atom is -0.384 e. The van der Waals surface area contributed by atoms with Crippen molar-refractivity contribution in [2.24, 2.45) is 0 Å². The molecule has 0 unspecified atom stereocenters. The van der Waals surface area contributed by atoms with E-state index in [1.807, 2.05) is 12.5 Å². The van der Waals surface area contributed by atoms with Crippen LogP contribution in [0.5, 0.6) is 0 Å². The fourth-order valence-corrected chi connectivity index (χ4v) is 2.09. The summed E-state index contributed by atoms with van der Waals surface area (Å²) in [6, 6.07) is 8.36. The molecule has 0 atom stereocenters. The van der Waals surface area contributed by atoms with Crippen LogP contribution in [0.15, 0.2) is 36.8 Å². The number of ether oxygens (including phenoxy) is 1. The highest BCUT2D eigenvalue weighted by molar-refractivity contribution is 5.51. The molecule has 0 aliphatic rings. The number of rotatable bonds is 7. The standard InChI is InChI=1S/C15H21N3O/c1-3-18-12-16-10-14(18)11-17-15-7-5-4-6-13(15)8-9-19-2/h4-7,10,12,17H,3,8-9,11H2,1-2H3. The van der Waals surface area contributed by atoms with Crippen LogP contribution in [0, 0.1) is 0 Å². The smallest absolute Gasteiger partial charge is 0.0948 e. The van der Waals surface area contributed by atoms with Crippen LogP contribution in [0.25, 0.3) is 0 Å². The highest BCUT2D eigenvalue weighted by atomic mass is 16.5. The number of benzene rings is 1. The third kappa shape index (κ3) is 3.58. The van der Waals surface area contributed by atoms with E-state index in [-0.39, 0.29) is 0 Å². The summed E-state index contributed by atoms with van der Waals surface area (Å²) in [7, 11) is 1.73. The molecule has 0 spiro atoms. The van der Waals surface area contributed by atoms with Crippen LogP contribution in [-0.4, -0.2) is 23.3 Å². The largest absolute Gasteiger partial charge is 0.384 e. The summed E-state index contributed by atoms with van der Waals surface area (Å²) < 4.78 is 7.29. The van der Waals surface area contributed by atoms with E-state index in [1.165, 1.54) is 16.9 Å². The monoisotopic (exact) mass is 259 g/mol. The van der Waals surface area contributed by atoms with Gasteiger partial charge in [0.25, 0.3) is 0 Å². The van der Waals surface area contributed by atoms with Crippen molar-refractivity contribution in [1.29, 1.82) is 0 Å². The van der Waals surface area contributed by atoms with Gasteiger partial charge in [0.15, 0.2) is 0 Å². The number of hydrogen-bond donors (Lipinski definition) is 1. The van der Waals surface area contributed by atoms with Gasteiger partial charge >= 0.3 is 0 Å². The second kappa shape index (κ2) is 6.95. The predicted molar refractivity (Wildman–Crippen MR) is 77.2 cm³/mol. The Morgan fingerprint density at radius 3 is 2.95 bits per heavy atom. The summed E-state index contributed by atoms with van der Waals surface area (Å²) in [5.41, 5.74) is 3.65. The van der Waals surface area contributed by atoms with Gasteiger partial charge in [-0.1, -0.05) is 18.2 Å². The SMILES string of the molecule is CCn1cncc1CNc1ccccc1CCOC. The van der Waals surface area contributed by atoms with Crippen molar-refractivity contribution < 1.29 is 4.74 Å². The van der Waals surface area contributed by atoms with Crippen LogP contribution in [0.3, 0.4) is 0 Å². The van der Waals surface area contributed by atoms with Crippen molar-refractivity contribution in [1.82, 2.24) is 9.55 Å². The number of hydrogen-bond acceptors (Lipinski definition) is 3. The molecule has 0 fully saturated rings. The summed E-state index contributed by atoms with van der Waals surface area (Å²) >= 11 is 0. The van der Waals surface area contributed by atoms with Crippen LogP contribution < -0.4 is 5.32 Å².